The summed E-state index contributed by atoms with van der Waals surface area (Å²) in [6, 6.07) is 10.8. The van der Waals surface area contributed by atoms with Crippen LogP contribution in [-0.2, 0) is 4.84 Å². The van der Waals surface area contributed by atoms with Gasteiger partial charge in [-0.25, -0.2) is 0 Å². The number of hydroxylamine groups is 2. The van der Waals surface area contributed by atoms with Crippen molar-refractivity contribution in [3.8, 4) is 0 Å². The van der Waals surface area contributed by atoms with Crippen molar-refractivity contribution >= 4 is 0 Å². The largest absolute Gasteiger partial charge is 0.313 e. The summed E-state index contributed by atoms with van der Waals surface area (Å²) in [7, 11) is 1.74. The van der Waals surface area contributed by atoms with E-state index in [1.54, 1.807) is 7.11 Å². The summed E-state index contributed by atoms with van der Waals surface area (Å²) >= 11 is 0. The number of hydrogen-bond donors (Lipinski definition) is 1. The molecule has 1 heterocycles. The second-order valence-electron chi connectivity index (χ2n) is 3.45. The highest BCUT2D eigenvalue weighted by Crippen LogP contribution is 2.21. The molecule has 1 fully saturated rings. The first kappa shape index (κ1) is 9.65. The molecule has 14 heavy (non-hydrogen) atoms. The standard InChI is InChI=1S/C11H16N2O/c1-14-13-8-7-12-9-11(13)10-5-3-2-4-6-10/h2-6,11-12H,7-9H2,1H3. The Kier molecular flexibility index (Phi) is 3.14. The molecule has 1 unspecified atom stereocenters. The Balaban J connectivity index is 2.15. The maximum atomic E-state index is 5.35. The molecule has 1 aromatic carbocycles. The van der Waals surface area contributed by atoms with Gasteiger partial charge in [-0.05, 0) is 5.56 Å². The zero-order valence-electron chi connectivity index (χ0n) is 8.44. The van der Waals surface area contributed by atoms with E-state index in [1.165, 1.54) is 5.56 Å². The third-order valence-electron chi connectivity index (χ3n) is 2.61. The molecule has 1 aliphatic heterocycles. The first-order chi connectivity index (χ1) is 6.92. The van der Waals surface area contributed by atoms with E-state index in [1.807, 2.05) is 11.1 Å². The molecule has 0 bridgehead atoms. The molecule has 76 valence electrons. The van der Waals surface area contributed by atoms with Gasteiger partial charge in [-0.1, -0.05) is 30.3 Å². The number of nitrogens with zero attached hydrogens (tertiary/aromatic N) is 1. The highest BCUT2D eigenvalue weighted by molar-refractivity contribution is 5.19. The Morgan fingerprint density at radius 3 is 2.86 bits per heavy atom. The minimum Gasteiger partial charge on any atom is -0.313 e. The van der Waals surface area contributed by atoms with Crippen molar-refractivity contribution in [2.45, 2.75) is 6.04 Å². The van der Waals surface area contributed by atoms with Crippen molar-refractivity contribution < 1.29 is 4.84 Å². The number of hydrogen-bond acceptors (Lipinski definition) is 3. The molecule has 3 heteroatoms. The molecule has 2 rings (SSSR count). The molecule has 0 radical (unpaired) electrons. The van der Waals surface area contributed by atoms with Crippen LogP contribution in [0.5, 0.6) is 0 Å². The first-order valence-electron chi connectivity index (χ1n) is 4.98. The topological polar surface area (TPSA) is 24.5 Å². The van der Waals surface area contributed by atoms with Crippen LogP contribution in [0.3, 0.4) is 0 Å². The number of nitrogens with one attached hydrogen (secondary N) is 1. The van der Waals surface area contributed by atoms with E-state index in [0.717, 1.165) is 19.6 Å². The molecule has 3 nitrogen and oxygen atoms in total. The van der Waals surface area contributed by atoms with Crippen molar-refractivity contribution in [1.29, 1.82) is 0 Å². The number of rotatable bonds is 2. The van der Waals surface area contributed by atoms with Crippen molar-refractivity contribution in [1.82, 2.24) is 10.4 Å². The molecule has 1 aromatic rings. The van der Waals surface area contributed by atoms with Gasteiger partial charge in [-0.3, -0.25) is 0 Å². The van der Waals surface area contributed by atoms with Crippen LogP contribution in [-0.4, -0.2) is 31.8 Å². The van der Waals surface area contributed by atoms with E-state index in [2.05, 4.69) is 29.6 Å². The fraction of sp³-hybridized carbons (Fsp3) is 0.455. The van der Waals surface area contributed by atoms with Gasteiger partial charge in [-0.2, -0.15) is 5.06 Å². The van der Waals surface area contributed by atoms with Crippen LogP contribution in [0.4, 0.5) is 0 Å². The number of piperazine rings is 1. The van der Waals surface area contributed by atoms with Gasteiger partial charge < -0.3 is 10.2 Å². The lowest BCUT2D eigenvalue weighted by atomic mass is 10.1. The van der Waals surface area contributed by atoms with Crippen LogP contribution in [0.25, 0.3) is 0 Å². The van der Waals surface area contributed by atoms with E-state index >= 15 is 0 Å². The summed E-state index contributed by atoms with van der Waals surface area (Å²) < 4.78 is 0. The summed E-state index contributed by atoms with van der Waals surface area (Å²) in [4.78, 5) is 5.35. The van der Waals surface area contributed by atoms with Crippen LogP contribution in [0.1, 0.15) is 11.6 Å². The van der Waals surface area contributed by atoms with Crippen molar-refractivity contribution in [2.24, 2.45) is 0 Å². The second kappa shape index (κ2) is 4.55. The van der Waals surface area contributed by atoms with Gasteiger partial charge in [0, 0.05) is 19.6 Å². The summed E-state index contributed by atoms with van der Waals surface area (Å²) in [5, 5.41) is 5.41. The quantitative estimate of drug-likeness (QED) is 0.762. The molecule has 0 amide bonds. The second-order valence-corrected chi connectivity index (χ2v) is 3.45. The molecule has 0 aromatic heterocycles. The average Bonchev–Trinajstić information content (AvgIpc) is 2.30. The van der Waals surface area contributed by atoms with Gasteiger partial charge in [0.2, 0.25) is 0 Å². The molecule has 0 spiro atoms. The third-order valence-corrected chi connectivity index (χ3v) is 2.61. The Bertz CT molecular complexity index is 276. The maximum Gasteiger partial charge on any atom is 0.0726 e. The summed E-state index contributed by atoms with van der Waals surface area (Å²) in [5.74, 6) is 0. The first-order valence-corrected chi connectivity index (χ1v) is 4.98. The molecule has 1 saturated heterocycles. The third kappa shape index (κ3) is 1.95. The normalized spacial score (nSPS) is 23.6. The highest BCUT2D eigenvalue weighted by atomic mass is 16.7. The zero-order valence-corrected chi connectivity index (χ0v) is 8.44. The van der Waals surface area contributed by atoms with Gasteiger partial charge in [0.25, 0.3) is 0 Å². The Morgan fingerprint density at radius 2 is 2.14 bits per heavy atom. The van der Waals surface area contributed by atoms with Crippen molar-refractivity contribution in [3.63, 3.8) is 0 Å². The van der Waals surface area contributed by atoms with E-state index in [9.17, 15) is 0 Å². The Morgan fingerprint density at radius 1 is 1.36 bits per heavy atom. The summed E-state index contributed by atoms with van der Waals surface area (Å²) in [5.41, 5.74) is 1.31. The lowest BCUT2D eigenvalue weighted by Crippen LogP contribution is -2.45. The highest BCUT2D eigenvalue weighted by Gasteiger charge is 2.23. The predicted octanol–water partition coefficient (Wildman–Crippen LogP) is 1.19. The van der Waals surface area contributed by atoms with Crippen LogP contribution < -0.4 is 5.32 Å². The van der Waals surface area contributed by atoms with E-state index < -0.39 is 0 Å². The molecular weight excluding hydrogens is 176 g/mol. The van der Waals surface area contributed by atoms with Gasteiger partial charge in [0.15, 0.2) is 0 Å². The SMILES string of the molecule is CON1CCNCC1c1ccccc1. The molecule has 1 N–H and O–H groups in total. The predicted molar refractivity (Wildman–Crippen MR) is 55.8 cm³/mol. The van der Waals surface area contributed by atoms with Gasteiger partial charge in [-0.15, -0.1) is 0 Å². The lowest BCUT2D eigenvalue weighted by molar-refractivity contribution is -0.171. The Labute approximate surface area is 84.6 Å². The van der Waals surface area contributed by atoms with Crippen molar-refractivity contribution in [3.05, 3.63) is 35.9 Å². The van der Waals surface area contributed by atoms with Gasteiger partial charge >= 0.3 is 0 Å². The minimum absolute atomic E-state index is 0.343. The summed E-state index contributed by atoms with van der Waals surface area (Å²) in [6.07, 6.45) is 0. The van der Waals surface area contributed by atoms with E-state index in [0.29, 0.717) is 6.04 Å². The van der Waals surface area contributed by atoms with Gasteiger partial charge in [0.1, 0.15) is 0 Å². The van der Waals surface area contributed by atoms with Crippen LogP contribution in [0.2, 0.25) is 0 Å². The van der Waals surface area contributed by atoms with Crippen LogP contribution in [0, 0.1) is 0 Å². The van der Waals surface area contributed by atoms with E-state index in [-0.39, 0.29) is 0 Å². The lowest BCUT2D eigenvalue weighted by Gasteiger charge is -2.34. The molecule has 1 aliphatic rings. The smallest absolute Gasteiger partial charge is 0.0726 e. The molecule has 0 saturated carbocycles. The molecular formula is C11H16N2O. The van der Waals surface area contributed by atoms with Crippen LogP contribution >= 0.6 is 0 Å². The van der Waals surface area contributed by atoms with Gasteiger partial charge in [0.05, 0.1) is 13.2 Å². The zero-order chi connectivity index (χ0) is 9.80. The molecule has 0 aliphatic carbocycles. The van der Waals surface area contributed by atoms with Crippen LogP contribution in [0.15, 0.2) is 30.3 Å². The average molecular weight is 192 g/mol. The van der Waals surface area contributed by atoms with E-state index in [4.69, 9.17) is 4.84 Å². The minimum atomic E-state index is 0.343. The summed E-state index contributed by atoms with van der Waals surface area (Å²) in [6.45, 7) is 2.89. The number of benzene rings is 1. The van der Waals surface area contributed by atoms with Crippen molar-refractivity contribution in [2.75, 3.05) is 26.7 Å². The fourth-order valence-corrected chi connectivity index (χ4v) is 1.86. The Hall–Kier alpha value is -0.900. The monoisotopic (exact) mass is 192 g/mol. The fourth-order valence-electron chi connectivity index (χ4n) is 1.86. The molecule has 1 atom stereocenters. The maximum absolute atomic E-state index is 5.35.